The smallest absolute Gasteiger partial charge is 0.341 e. The number of ether oxygens (including phenoxy) is 4. The highest BCUT2D eigenvalue weighted by Gasteiger charge is 2.26. The lowest BCUT2D eigenvalue weighted by molar-refractivity contribution is 0.0523. The molecule has 1 aromatic carbocycles. The highest BCUT2D eigenvalue weighted by atomic mass is 16.5. The minimum atomic E-state index is -0.687. The van der Waals surface area contributed by atoms with E-state index in [9.17, 15) is 14.4 Å². The van der Waals surface area contributed by atoms with E-state index in [-0.39, 0.29) is 51.7 Å². The van der Waals surface area contributed by atoms with E-state index in [0.717, 1.165) is 32.1 Å². The first-order valence-electron chi connectivity index (χ1n) is 13.5. The number of pyridine rings is 2. The quantitative estimate of drug-likeness (QED) is 0.245. The minimum Gasteiger partial charge on any atom is -0.493 e. The molecular weight excluding hydrogens is 528 g/mol. The molecule has 0 saturated heterocycles. The molecule has 4 aromatic rings. The van der Waals surface area contributed by atoms with Gasteiger partial charge in [-0.25, -0.2) is 9.78 Å². The molecule has 1 aliphatic carbocycles. The number of carbonyl (C=O) groups is 2. The molecule has 0 atom stereocenters. The van der Waals surface area contributed by atoms with Crippen LogP contribution >= 0.6 is 0 Å². The second-order valence-corrected chi connectivity index (χ2v) is 9.68. The van der Waals surface area contributed by atoms with Crippen molar-refractivity contribution in [2.24, 2.45) is 4.99 Å². The molecule has 0 radical (unpaired) electrons. The van der Waals surface area contributed by atoms with Crippen LogP contribution in [0.4, 0.5) is 0 Å². The van der Waals surface area contributed by atoms with Gasteiger partial charge in [0.05, 0.1) is 33.3 Å². The molecule has 0 bridgehead atoms. The van der Waals surface area contributed by atoms with Crippen molar-refractivity contribution in [3.05, 3.63) is 69.6 Å². The molecule has 5 rings (SSSR count). The Morgan fingerprint density at radius 2 is 1.71 bits per heavy atom. The van der Waals surface area contributed by atoms with Gasteiger partial charge in [-0.05, 0) is 50.1 Å². The van der Waals surface area contributed by atoms with Crippen molar-refractivity contribution in [2.75, 3.05) is 27.9 Å². The van der Waals surface area contributed by atoms with Gasteiger partial charge >= 0.3 is 5.97 Å². The van der Waals surface area contributed by atoms with E-state index in [1.165, 1.54) is 43.9 Å². The summed E-state index contributed by atoms with van der Waals surface area (Å²) < 4.78 is 24.8. The van der Waals surface area contributed by atoms with Crippen LogP contribution in [0.2, 0.25) is 0 Å². The molecule has 11 heteroatoms. The summed E-state index contributed by atoms with van der Waals surface area (Å²) in [7, 11) is 4.38. The maximum atomic E-state index is 13.8. The molecule has 1 saturated carbocycles. The Morgan fingerprint density at radius 1 is 1.00 bits per heavy atom. The summed E-state index contributed by atoms with van der Waals surface area (Å²) in [6, 6.07) is 9.58. The molecule has 11 nitrogen and oxygen atoms in total. The Balaban J connectivity index is 1.87. The molecule has 3 heterocycles. The van der Waals surface area contributed by atoms with Crippen molar-refractivity contribution < 1.29 is 28.5 Å². The van der Waals surface area contributed by atoms with Crippen molar-refractivity contribution >= 4 is 28.6 Å². The average molecular weight is 561 g/mol. The van der Waals surface area contributed by atoms with E-state index < -0.39 is 11.9 Å². The van der Waals surface area contributed by atoms with Crippen molar-refractivity contribution in [3.8, 4) is 17.2 Å². The van der Waals surface area contributed by atoms with Crippen LogP contribution in [-0.2, 0) is 4.74 Å². The Hall–Kier alpha value is -4.67. The van der Waals surface area contributed by atoms with Crippen LogP contribution in [-0.4, -0.2) is 53.8 Å². The number of carbonyl (C=O) groups excluding carboxylic acids is 2. The highest BCUT2D eigenvalue weighted by molar-refractivity contribution is 5.98. The molecular formula is C30H32N4O7. The van der Waals surface area contributed by atoms with Crippen LogP contribution in [0, 0.1) is 0 Å². The Bertz CT molecular complexity index is 1740. The molecule has 1 amide bonds. The fourth-order valence-electron chi connectivity index (χ4n) is 5.36. The van der Waals surface area contributed by atoms with E-state index >= 15 is 0 Å². The average Bonchev–Trinajstić information content (AvgIpc) is 3.00. The fourth-order valence-corrected chi connectivity index (χ4v) is 5.36. The van der Waals surface area contributed by atoms with Crippen LogP contribution in [0.3, 0.4) is 0 Å². The largest absolute Gasteiger partial charge is 0.493 e. The molecule has 214 valence electrons. The zero-order valence-corrected chi connectivity index (χ0v) is 23.5. The van der Waals surface area contributed by atoms with Gasteiger partial charge in [-0.2, -0.15) is 4.99 Å². The van der Waals surface area contributed by atoms with Crippen LogP contribution in [0.5, 0.6) is 17.2 Å². The molecule has 3 aromatic heterocycles. The lowest BCUT2D eigenvalue weighted by Gasteiger charge is -2.27. The Labute approximate surface area is 236 Å². The Kier molecular flexibility index (Phi) is 8.04. The molecule has 41 heavy (non-hydrogen) atoms. The number of methoxy groups -OCH3 is 3. The normalized spacial score (nSPS) is 14.3. The predicted octanol–water partition coefficient (Wildman–Crippen LogP) is 4.10. The number of rotatable bonds is 7. The SMILES string of the molecule is CCOC(=O)c1cc2c(=O)n3ccccc3nc2n(C2CCCCC2)c1=NC(=O)c1cc(OC)c(OC)c(OC)c1. The molecule has 1 aliphatic rings. The number of fused-ring (bicyclic) bond motifs is 2. The fraction of sp³-hybridized carbons (Fsp3) is 0.367. The second-order valence-electron chi connectivity index (χ2n) is 9.68. The highest BCUT2D eigenvalue weighted by Crippen LogP contribution is 2.38. The van der Waals surface area contributed by atoms with Gasteiger partial charge in [0.2, 0.25) is 5.75 Å². The van der Waals surface area contributed by atoms with Gasteiger partial charge in [-0.1, -0.05) is 25.3 Å². The number of aromatic nitrogens is 3. The first-order chi connectivity index (χ1) is 19.9. The van der Waals surface area contributed by atoms with E-state index in [1.54, 1.807) is 35.9 Å². The van der Waals surface area contributed by atoms with Crippen LogP contribution in [0.1, 0.15) is 65.8 Å². The maximum Gasteiger partial charge on any atom is 0.341 e. The van der Waals surface area contributed by atoms with Crippen molar-refractivity contribution in [1.82, 2.24) is 14.0 Å². The molecule has 0 unspecified atom stereocenters. The number of benzene rings is 1. The molecule has 0 N–H and O–H groups in total. The van der Waals surface area contributed by atoms with Crippen molar-refractivity contribution in [3.63, 3.8) is 0 Å². The summed E-state index contributed by atoms with van der Waals surface area (Å²) >= 11 is 0. The molecule has 0 aliphatic heterocycles. The number of hydrogen-bond acceptors (Lipinski definition) is 8. The third-order valence-corrected chi connectivity index (χ3v) is 7.29. The summed E-state index contributed by atoms with van der Waals surface area (Å²) in [6.45, 7) is 1.80. The maximum absolute atomic E-state index is 13.8. The van der Waals surface area contributed by atoms with Gasteiger partial charge in [-0.15, -0.1) is 0 Å². The van der Waals surface area contributed by atoms with Gasteiger partial charge in [0.1, 0.15) is 16.9 Å². The van der Waals surface area contributed by atoms with E-state index in [0.29, 0.717) is 17.0 Å². The lowest BCUT2D eigenvalue weighted by Crippen LogP contribution is -2.35. The summed E-state index contributed by atoms with van der Waals surface area (Å²) in [6.07, 6.45) is 6.17. The van der Waals surface area contributed by atoms with Crippen LogP contribution in [0.15, 0.2) is 52.4 Å². The van der Waals surface area contributed by atoms with Gasteiger partial charge in [-0.3, -0.25) is 14.0 Å². The third-order valence-electron chi connectivity index (χ3n) is 7.29. The summed E-state index contributed by atoms with van der Waals surface area (Å²) in [4.78, 5) is 50.0. The van der Waals surface area contributed by atoms with Gasteiger partial charge < -0.3 is 23.5 Å². The third kappa shape index (κ3) is 5.15. The van der Waals surface area contributed by atoms with Crippen molar-refractivity contribution in [2.45, 2.75) is 45.1 Å². The predicted molar refractivity (Wildman–Crippen MR) is 151 cm³/mol. The summed E-state index contributed by atoms with van der Waals surface area (Å²) in [5.41, 5.74) is 0.742. The first kappa shape index (κ1) is 27.9. The van der Waals surface area contributed by atoms with Gasteiger partial charge in [0.25, 0.3) is 11.5 Å². The number of amides is 1. The van der Waals surface area contributed by atoms with Crippen molar-refractivity contribution in [1.29, 1.82) is 0 Å². The minimum absolute atomic E-state index is 0.0143. The van der Waals surface area contributed by atoms with Gasteiger partial charge in [0.15, 0.2) is 17.0 Å². The van der Waals surface area contributed by atoms with Crippen LogP contribution < -0.4 is 25.3 Å². The molecule has 1 fully saturated rings. The number of nitrogens with zero attached hydrogens (tertiary/aromatic N) is 4. The number of esters is 1. The standard InChI is InChI=1S/C30H32N4O7/c1-5-41-30(37)21-17-20-26(31-24-13-9-10-14-33(24)29(20)36)34(19-11-7-6-8-12-19)27(21)32-28(35)18-15-22(38-2)25(40-4)23(16-18)39-3/h9-10,13-17,19H,5-8,11-12H2,1-4H3. The lowest BCUT2D eigenvalue weighted by atomic mass is 9.94. The van der Waals surface area contributed by atoms with E-state index in [1.807, 2.05) is 0 Å². The van der Waals surface area contributed by atoms with Gasteiger partial charge in [0, 0.05) is 17.8 Å². The zero-order chi connectivity index (χ0) is 29.1. The summed E-state index contributed by atoms with van der Waals surface area (Å²) in [5, 5.41) is 0.238. The monoisotopic (exact) mass is 560 g/mol. The first-order valence-corrected chi connectivity index (χ1v) is 13.5. The Morgan fingerprint density at radius 3 is 2.34 bits per heavy atom. The number of hydrogen-bond donors (Lipinski definition) is 0. The second kappa shape index (κ2) is 11.8. The summed E-state index contributed by atoms with van der Waals surface area (Å²) in [5.74, 6) is -0.422. The topological polar surface area (TPSA) is 123 Å². The van der Waals surface area contributed by atoms with E-state index in [4.69, 9.17) is 23.9 Å². The van der Waals surface area contributed by atoms with Crippen LogP contribution in [0.25, 0.3) is 16.7 Å². The molecule has 0 spiro atoms. The van der Waals surface area contributed by atoms with E-state index in [2.05, 4.69) is 4.99 Å². The zero-order valence-electron chi connectivity index (χ0n) is 23.5.